The second-order valence-electron chi connectivity index (χ2n) is 11.4. The molecule has 1 amide bonds. The molecule has 0 unspecified atom stereocenters. The fourth-order valence-electron chi connectivity index (χ4n) is 6.36. The molecule has 2 aromatic rings. The van der Waals surface area contributed by atoms with Crippen LogP contribution in [-0.4, -0.2) is 54.3 Å². The number of benzene rings is 1. The van der Waals surface area contributed by atoms with Crippen molar-refractivity contribution in [3.05, 3.63) is 74.0 Å². The Morgan fingerprint density at radius 3 is 2.50 bits per heavy atom. The number of hydrogen-bond donors (Lipinski definition) is 1. The molecule has 210 valence electrons. The van der Waals surface area contributed by atoms with E-state index in [2.05, 4.69) is 35.4 Å². The maximum atomic E-state index is 13.9. The first-order chi connectivity index (χ1) is 19.4. The van der Waals surface area contributed by atoms with E-state index >= 15 is 0 Å². The molecule has 1 N–H and O–H groups in total. The van der Waals surface area contributed by atoms with Crippen LogP contribution in [0.15, 0.2) is 41.2 Å². The molecular formula is C33H40N4O3. The monoisotopic (exact) mass is 540 g/mol. The average molecular weight is 541 g/mol. The van der Waals surface area contributed by atoms with Crippen LogP contribution >= 0.6 is 0 Å². The van der Waals surface area contributed by atoms with Crippen molar-refractivity contribution >= 4 is 23.6 Å². The molecule has 1 spiro atoms. The Labute approximate surface area is 236 Å². The number of ether oxygens (including phenoxy) is 1. The number of carbonyl (C=O) groups excluding carboxylic acids is 1. The molecule has 40 heavy (non-hydrogen) atoms. The van der Waals surface area contributed by atoms with E-state index in [1.807, 2.05) is 25.1 Å². The van der Waals surface area contributed by atoms with E-state index in [0.29, 0.717) is 30.7 Å². The molecule has 1 aliphatic heterocycles. The second kappa shape index (κ2) is 12.4. The first-order valence-electron chi connectivity index (χ1n) is 14.7. The van der Waals surface area contributed by atoms with Crippen LogP contribution in [0.4, 0.5) is 0 Å². The van der Waals surface area contributed by atoms with Crippen LogP contribution in [0, 0.1) is 16.7 Å². The summed E-state index contributed by atoms with van der Waals surface area (Å²) < 4.78 is 7.29. The number of hydrogen-bond acceptors (Lipinski definition) is 5. The van der Waals surface area contributed by atoms with Crippen molar-refractivity contribution in [2.45, 2.75) is 65.0 Å². The number of allylic oxidation sites excluding steroid dienone is 2. The summed E-state index contributed by atoms with van der Waals surface area (Å²) in [7, 11) is 0. The van der Waals surface area contributed by atoms with Crippen molar-refractivity contribution in [1.82, 2.24) is 14.8 Å². The third kappa shape index (κ3) is 5.99. The minimum atomic E-state index is -0.276. The highest BCUT2D eigenvalue weighted by atomic mass is 16.5. The molecular weight excluding hydrogens is 500 g/mol. The van der Waals surface area contributed by atoms with Gasteiger partial charge in [0.05, 0.1) is 24.8 Å². The fourth-order valence-corrected chi connectivity index (χ4v) is 6.36. The Hall–Kier alpha value is -3.47. The van der Waals surface area contributed by atoms with Crippen molar-refractivity contribution in [3.63, 3.8) is 0 Å². The largest absolute Gasteiger partial charge is 0.379 e. The second-order valence-corrected chi connectivity index (χ2v) is 11.4. The number of nitrogens with one attached hydrogen (secondary N) is 1. The summed E-state index contributed by atoms with van der Waals surface area (Å²) in [4.78, 5) is 29.7. The topological polar surface area (TPSA) is 87.4 Å². The standard InChI is InChI=1S/C33H40N4O3/c1-3-6-30-27(19-25(4-2)26-9-7-24(23-34)8-10-26)20-29(31(38)35-28-21-33(22-28)11-5-12-33)32(39)37(30)14-13-36-15-17-40-18-16-36/h4,6-10,19-20,28H,3,5,11-18,21-22H2,1-2H3,(H,35,38)/b25-4+,27-19-,30-6-. The molecule has 3 aliphatic rings. The fraction of sp³-hybridized carbons (Fsp3) is 0.485. The molecule has 3 fully saturated rings. The van der Waals surface area contributed by atoms with E-state index in [1.165, 1.54) is 19.3 Å². The van der Waals surface area contributed by atoms with Gasteiger partial charge in [0, 0.05) is 37.6 Å². The third-order valence-electron chi connectivity index (χ3n) is 8.83. The lowest BCUT2D eigenvalue weighted by molar-refractivity contribution is -0.000658. The third-order valence-corrected chi connectivity index (χ3v) is 8.83. The van der Waals surface area contributed by atoms with Gasteiger partial charge in [-0.1, -0.05) is 37.6 Å². The van der Waals surface area contributed by atoms with Gasteiger partial charge >= 0.3 is 0 Å². The Morgan fingerprint density at radius 1 is 1.18 bits per heavy atom. The van der Waals surface area contributed by atoms with E-state index < -0.39 is 0 Å². The van der Waals surface area contributed by atoms with E-state index in [0.717, 1.165) is 60.6 Å². The normalized spacial score (nSPS) is 20.2. The van der Waals surface area contributed by atoms with E-state index in [4.69, 9.17) is 4.74 Å². The van der Waals surface area contributed by atoms with Gasteiger partial charge in [0.25, 0.3) is 11.5 Å². The molecule has 2 aliphatic carbocycles. The number of pyridine rings is 1. The van der Waals surface area contributed by atoms with Crippen molar-refractivity contribution in [2.24, 2.45) is 5.41 Å². The van der Waals surface area contributed by atoms with E-state index in [9.17, 15) is 14.9 Å². The summed E-state index contributed by atoms with van der Waals surface area (Å²) in [6.07, 6.45) is 12.8. The van der Waals surface area contributed by atoms with Crippen LogP contribution in [0.1, 0.15) is 73.9 Å². The van der Waals surface area contributed by atoms with Gasteiger partial charge in [0.1, 0.15) is 5.56 Å². The summed E-state index contributed by atoms with van der Waals surface area (Å²) in [6.45, 7) is 8.33. The lowest BCUT2D eigenvalue weighted by Gasteiger charge is -2.54. The first-order valence-corrected chi connectivity index (χ1v) is 14.7. The first kappa shape index (κ1) is 28.1. The summed E-state index contributed by atoms with van der Waals surface area (Å²) >= 11 is 0. The van der Waals surface area contributed by atoms with Crippen LogP contribution in [-0.2, 0) is 11.3 Å². The highest BCUT2D eigenvalue weighted by Crippen LogP contribution is 2.55. The Morgan fingerprint density at radius 2 is 1.90 bits per heavy atom. The number of aromatic nitrogens is 1. The minimum absolute atomic E-state index is 0.146. The number of nitriles is 1. The van der Waals surface area contributed by atoms with Gasteiger partial charge in [0.2, 0.25) is 0 Å². The Bertz CT molecular complexity index is 1480. The number of amides is 1. The number of nitrogens with zero attached hydrogens (tertiary/aromatic N) is 3. The molecule has 0 atom stereocenters. The highest BCUT2D eigenvalue weighted by molar-refractivity contribution is 5.95. The SMILES string of the molecule is C\C=C(/C=c1/cc(C(=O)NC2CC3(CCC3)C2)c(=O)n(CCN2CCOCC2)/c1=C\CC)c1ccc(C#N)cc1. The van der Waals surface area contributed by atoms with Crippen LogP contribution in [0.3, 0.4) is 0 Å². The van der Waals surface area contributed by atoms with Gasteiger partial charge in [-0.15, -0.1) is 0 Å². The van der Waals surface area contributed by atoms with Gasteiger partial charge in [-0.05, 0) is 85.1 Å². The van der Waals surface area contributed by atoms with E-state index in [-0.39, 0.29) is 23.1 Å². The van der Waals surface area contributed by atoms with Crippen molar-refractivity contribution in [2.75, 3.05) is 32.8 Å². The maximum Gasteiger partial charge on any atom is 0.263 e. The van der Waals surface area contributed by atoms with Crippen molar-refractivity contribution in [3.8, 4) is 6.07 Å². The summed E-state index contributed by atoms with van der Waals surface area (Å²) in [6, 6.07) is 11.6. The van der Waals surface area contributed by atoms with Crippen molar-refractivity contribution < 1.29 is 9.53 Å². The van der Waals surface area contributed by atoms with Crippen molar-refractivity contribution in [1.29, 1.82) is 5.26 Å². The lowest BCUT2D eigenvalue weighted by Crippen LogP contribution is -2.55. The number of rotatable bonds is 8. The van der Waals surface area contributed by atoms with E-state index in [1.54, 1.807) is 22.8 Å². The van der Waals surface area contributed by atoms with Crippen LogP contribution in [0.25, 0.3) is 17.7 Å². The van der Waals surface area contributed by atoms with Gasteiger partial charge in [0.15, 0.2) is 0 Å². The molecule has 7 heteroatoms. The molecule has 1 aromatic heterocycles. The van der Waals surface area contributed by atoms with Gasteiger partial charge in [-0.25, -0.2) is 0 Å². The zero-order chi connectivity index (χ0) is 28.1. The smallest absolute Gasteiger partial charge is 0.263 e. The quantitative estimate of drug-likeness (QED) is 0.556. The van der Waals surface area contributed by atoms with Gasteiger partial charge in [-0.3, -0.25) is 14.5 Å². The summed E-state index contributed by atoms with van der Waals surface area (Å²) in [5.41, 5.74) is 2.95. The molecule has 5 rings (SSSR count). The summed E-state index contributed by atoms with van der Waals surface area (Å²) in [5.74, 6) is -0.276. The summed E-state index contributed by atoms with van der Waals surface area (Å²) in [5, 5.41) is 14.1. The Balaban J connectivity index is 1.54. The van der Waals surface area contributed by atoms with Gasteiger partial charge < -0.3 is 14.6 Å². The number of carbonyl (C=O) groups is 1. The molecule has 1 aromatic carbocycles. The lowest BCUT2D eigenvalue weighted by atomic mass is 9.54. The molecule has 0 radical (unpaired) electrons. The Kier molecular flexibility index (Phi) is 8.68. The average Bonchev–Trinajstić information content (AvgIpc) is 2.93. The van der Waals surface area contributed by atoms with Crippen LogP contribution in [0.5, 0.6) is 0 Å². The molecule has 2 heterocycles. The molecule has 1 saturated heterocycles. The zero-order valence-corrected chi connectivity index (χ0v) is 23.7. The maximum absolute atomic E-state index is 13.9. The number of morpholine rings is 1. The van der Waals surface area contributed by atoms with Crippen LogP contribution in [0.2, 0.25) is 0 Å². The molecule has 2 saturated carbocycles. The zero-order valence-electron chi connectivity index (χ0n) is 23.7. The highest BCUT2D eigenvalue weighted by Gasteiger charge is 2.48. The molecule has 7 nitrogen and oxygen atoms in total. The van der Waals surface area contributed by atoms with Gasteiger partial charge in [-0.2, -0.15) is 5.26 Å². The predicted octanol–water partition coefficient (Wildman–Crippen LogP) is 3.19. The predicted molar refractivity (Wildman–Crippen MR) is 158 cm³/mol. The molecule has 0 bridgehead atoms. The minimum Gasteiger partial charge on any atom is -0.379 e. The van der Waals surface area contributed by atoms with Crippen LogP contribution < -0.4 is 21.4 Å².